The second-order valence-corrected chi connectivity index (χ2v) is 5.78. The summed E-state index contributed by atoms with van der Waals surface area (Å²) in [6.45, 7) is 3.91. The fourth-order valence-electron chi connectivity index (χ4n) is 1.97. The van der Waals surface area contributed by atoms with Crippen LogP contribution in [-0.4, -0.2) is 5.11 Å². The monoisotopic (exact) mass is 371 g/mol. The lowest BCUT2D eigenvalue weighted by Gasteiger charge is -2.18. The normalized spacial score (nSPS) is 12.2. The molecule has 100 valence electrons. The van der Waals surface area contributed by atoms with E-state index in [1.165, 1.54) is 9.64 Å². The van der Waals surface area contributed by atoms with Crippen LogP contribution in [-0.2, 0) is 0 Å². The molecule has 0 radical (unpaired) electrons. The van der Waals surface area contributed by atoms with Crippen molar-refractivity contribution >= 4 is 28.3 Å². The molecule has 2 N–H and O–H groups in total. The summed E-state index contributed by atoms with van der Waals surface area (Å²) in [5.41, 5.74) is 2.65. The van der Waals surface area contributed by atoms with E-state index in [-0.39, 0.29) is 11.8 Å². The van der Waals surface area contributed by atoms with Crippen LogP contribution in [0, 0.1) is 16.3 Å². The van der Waals surface area contributed by atoms with Gasteiger partial charge in [0.05, 0.1) is 6.04 Å². The minimum Gasteiger partial charge on any atom is -0.508 e. The molecule has 0 aromatic heterocycles. The molecule has 0 aliphatic heterocycles. The van der Waals surface area contributed by atoms with Gasteiger partial charge in [-0.3, -0.25) is 0 Å². The molecule has 0 bridgehead atoms. The van der Waals surface area contributed by atoms with E-state index in [9.17, 15) is 9.50 Å². The fourth-order valence-corrected chi connectivity index (χ4v) is 2.61. The Labute approximate surface area is 125 Å². The zero-order valence-corrected chi connectivity index (χ0v) is 12.9. The van der Waals surface area contributed by atoms with Crippen molar-refractivity contribution in [1.82, 2.24) is 0 Å². The summed E-state index contributed by atoms with van der Waals surface area (Å²) in [7, 11) is 0. The Bertz CT molecular complexity index is 601. The standard InChI is InChI=1S/C15H15FINO/c1-9-7-11(17)3-6-15(9)18-10(2)13-5-4-12(19)8-14(13)16/h3-8,10,18-19H,1-2H3. The Kier molecular flexibility index (Phi) is 4.29. The Morgan fingerprint density at radius 2 is 1.95 bits per heavy atom. The molecule has 1 atom stereocenters. The van der Waals surface area contributed by atoms with Gasteiger partial charge in [-0.2, -0.15) is 0 Å². The molecular formula is C15H15FINO. The Balaban J connectivity index is 2.23. The lowest BCUT2D eigenvalue weighted by Crippen LogP contribution is -2.09. The van der Waals surface area contributed by atoms with E-state index < -0.39 is 5.82 Å². The van der Waals surface area contributed by atoms with E-state index in [1.807, 2.05) is 26.0 Å². The number of phenols is 1. The first-order valence-electron chi connectivity index (χ1n) is 5.98. The molecule has 0 saturated carbocycles. The molecule has 2 nitrogen and oxygen atoms in total. The molecule has 0 amide bonds. The minimum absolute atomic E-state index is 0.0566. The lowest BCUT2D eigenvalue weighted by molar-refractivity contribution is 0.467. The van der Waals surface area contributed by atoms with Crippen LogP contribution in [0.1, 0.15) is 24.1 Å². The van der Waals surface area contributed by atoms with Gasteiger partial charge in [0, 0.05) is 20.9 Å². The molecule has 0 saturated heterocycles. The maximum absolute atomic E-state index is 13.8. The maximum Gasteiger partial charge on any atom is 0.132 e. The van der Waals surface area contributed by atoms with Crippen LogP contribution in [0.25, 0.3) is 0 Å². The molecule has 2 aromatic carbocycles. The number of aryl methyl sites for hydroxylation is 1. The van der Waals surface area contributed by atoms with Gasteiger partial charge in [-0.1, -0.05) is 6.07 Å². The number of hydrogen-bond acceptors (Lipinski definition) is 2. The fraction of sp³-hybridized carbons (Fsp3) is 0.200. The number of hydrogen-bond donors (Lipinski definition) is 2. The zero-order chi connectivity index (χ0) is 14.0. The first kappa shape index (κ1) is 14.1. The van der Waals surface area contributed by atoms with Gasteiger partial charge in [0.25, 0.3) is 0 Å². The van der Waals surface area contributed by atoms with Crippen molar-refractivity contribution in [1.29, 1.82) is 0 Å². The quantitative estimate of drug-likeness (QED) is 0.772. The van der Waals surface area contributed by atoms with Gasteiger partial charge in [0.1, 0.15) is 11.6 Å². The van der Waals surface area contributed by atoms with Gasteiger partial charge in [0.2, 0.25) is 0 Å². The molecular weight excluding hydrogens is 356 g/mol. The zero-order valence-electron chi connectivity index (χ0n) is 10.7. The van der Waals surface area contributed by atoms with Gasteiger partial charge in [-0.15, -0.1) is 0 Å². The highest BCUT2D eigenvalue weighted by Gasteiger charge is 2.12. The van der Waals surface area contributed by atoms with Gasteiger partial charge in [0.15, 0.2) is 0 Å². The Hall–Kier alpha value is -1.30. The Morgan fingerprint density at radius 1 is 1.21 bits per heavy atom. The molecule has 2 rings (SSSR count). The second-order valence-electron chi connectivity index (χ2n) is 4.53. The van der Waals surface area contributed by atoms with Crippen molar-refractivity contribution in [3.05, 3.63) is 56.9 Å². The first-order valence-corrected chi connectivity index (χ1v) is 7.06. The number of anilines is 1. The maximum atomic E-state index is 13.8. The van der Waals surface area contributed by atoms with Gasteiger partial charge in [-0.05, 0) is 66.3 Å². The van der Waals surface area contributed by atoms with E-state index in [2.05, 4.69) is 34.0 Å². The molecule has 0 heterocycles. The predicted molar refractivity (Wildman–Crippen MR) is 84.0 cm³/mol. The molecule has 2 aromatic rings. The largest absolute Gasteiger partial charge is 0.508 e. The lowest BCUT2D eigenvalue weighted by atomic mass is 10.1. The summed E-state index contributed by atoms with van der Waals surface area (Å²) in [6.07, 6.45) is 0. The van der Waals surface area contributed by atoms with Crippen molar-refractivity contribution in [2.75, 3.05) is 5.32 Å². The highest BCUT2D eigenvalue weighted by molar-refractivity contribution is 14.1. The third-order valence-electron chi connectivity index (χ3n) is 3.01. The number of halogens is 2. The van der Waals surface area contributed by atoms with Crippen LogP contribution in [0.2, 0.25) is 0 Å². The third kappa shape index (κ3) is 3.37. The summed E-state index contributed by atoms with van der Waals surface area (Å²) in [4.78, 5) is 0. The van der Waals surface area contributed by atoms with E-state index in [0.29, 0.717) is 5.56 Å². The van der Waals surface area contributed by atoms with Crippen LogP contribution < -0.4 is 5.32 Å². The van der Waals surface area contributed by atoms with E-state index in [1.54, 1.807) is 6.07 Å². The second kappa shape index (κ2) is 5.77. The van der Waals surface area contributed by atoms with Gasteiger partial charge < -0.3 is 10.4 Å². The summed E-state index contributed by atoms with van der Waals surface area (Å²) in [5, 5.41) is 12.5. The van der Waals surface area contributed by atoms with Crippen LogP contribution in [0.4, 0.5) is 10.1 Å². The summed E-state index contributed by atoms with van der Waals surface area (Å²) in [5.74, 6) is -0.456. The average Bonchev–Trinajstić information content (AvgIpc) is 2.32. The Morgan fingerprint density at radius 3 is 2.58 bits per heavy atom. The molecule has 4 heteroatoms. The molecule has 0 aliphatic carbocycles. The predicted octanol–water partition coefficient (Wildman–Crippen LogP) is 4.62. The first-order chi connectivity index (χ1) is 8.97. The van der Waals surface area contributed by atoms with Crippen LogP contribution in [0.3, 0.4) is 0 Å². The van der Waals surface area contributed by atoms with Crippen LogP contribution >= 0.6 is 22.6 Å². The average molecular weight is 371 g/mol. The molecule has 0 aliphatic rings. The minimum atomic E-state index is -0.400. The third-order valence-corrected chi connectivity index (χ3v) is 3.68. The summed E-state index contributed by atoms with van der Waals surface area (Å²) < 4.78 is 14.9. The van der Waals surface area contributed by atoms with Crippen molar-refractivity contribution in [3.8, 4) is 5.75 Å². The van der Waals surface area contributed by atoms with E-state index >= 15 is 0 Å². The molecule has 0 spiro atoms. The molecule has 19 heavy (non-hydrogen) atoms. The number of aromatic hydroxyl groups is 1. The van der Waals surface area contributed by atoms with E-state index in [0.717, 1.165) is 17.3 Å². The van der Waals surface area contributed by atoms with Crippen LogP contribution in [0.5, 0.6) is 5.75 Å². The smallest absolute Gasteiger partial charge is 0.132 e. The van der Waals surface area contributed by atoms with Crippen molar-refractivity contribution in [3.63, 3.8) is 0 Å². The summed E-state index contributed by atoms with van der Waals surface area (Å²) in [6, 6.07) is 10.1. The molecule has 1 unspecified atom stereocenters. The highest BCUT2D eigenvalue weighted by atomic mass is 127. The van der Waals surface area contributed by atoms with Crippen molar-refractivity contribution in [2.45, 2.75) is 19.9 Å². The SMILES string of the molecule is Cc1cc(I)ccc1NC(C)c1ccc(O)cc1F. The summed E-state index contributed by atoms with van der Waals surface area (Å²) >= 11 is 2.26. The van der Waals surface area contributed by atoms with E-state index in [4.69, 9.17) is 0 Å². The van der Waals surface area contributed by atoms with Crippen molar-refractivity contribution in [2.24, 2.45) is 0 Å². The number of phenolic OH excluding ortho intramolecular Hbond substituents is 1. The number of benzene rings is 2. The molecule has 0 fully saturated rings. The van der Waals surface area contributed by atoms with Gasteiger partial charge >= 0.3 is 0 Å². The highest BCUT2D eigenvalue weighted by Crippen LogP contribution is 2.26. The topological polar surface area (TPSA) is 32.3 Å². The van der Waals surface area contributed by atoms with Crippen molar-refractivity contribution < 1.29 is 9.50 Å². The van der Waals surface area contributed by atoms with Gasteiger partial charge in [-0.25, -0.2) is 4.39 Å². The van der Waals surface area contributed by atoms with Crippen LogP contribution in [0.15, 0.2) is 36.4 Å². The number of nitrogens with one attached hydrogen (secondary N) is 1. The number of rotatable bonds is 3.